The number of carbonyl (C=O) groups excluding carboxylic acids is 1. The van der Waals surface area contributed by atoms with Crippen LogP contribution >= 0.6 is 0 Å². The Hall–Kier alpha value is -4.26. The molecule has 1 amide bonds. The molecule has 0 fully saturated rings. The van der Waals surface area contributed by atoms with Gasteiger partial charge < -0.3 is 21.1 Å². The predicted octanol–water partition coefficient (Wildman–Crippen LogP) is 1.97. The van der Waals surface area contributed by atoms with Crippen LogP contribution in [-0.2, 0) is 10.0 Å². The summed E-state index contributed by atoms with van der Waals surface area (Å²) < 4.78 is 28.3. The minimum atomic E-state index is -4.27. The van der Waals surface area contributed by atoms with Crippen LogP contribution in [0.2, 0.25) is 0 Å². The Morgan fingerprint density at radius 1 is 1.06 bits per heavy atom. The molecule has 0 saturated heterocycles. The lowest BCUT2D eigenvalue weighted by atomic mass is 9.97. The number of hydrogen-bond acceptors (Lipinski definition) is 8. The summed E-state index contributed by atoms with van der Waals surface area (Å²) in [6.07, 6.45) is -1.11. The van der Waals surface area contributed by atoms with Crippen LogP contribution in [0, 0.1) is 6.92 Å². The first-order valence-corrected chi connectivity index (χ1v) is 12.2. The molecule has 3 aromatic carbocycles. The van der Waals surface area contributed by atoms with Gasteiger partial charge in [0.1, 0.15) is 16.4 Å². The molecule has 0 bridgehead atoms. The smallest absolute Gasteiger partial charge is 0.286 e. The van der Waals surface area contributed by atoms with Gasteiger partial charge in [-0.1, -0.05) is 42.5 Å². The minimum absolute atomic E-state index is 0.127. The van der Waals surface area contributed by atoms with Gasteiger partial charge in [-0.2, -0.15) is 5.10 Å². The van der Waals surface area contributed by atoms with Gasteiger partial charge in [-0.15, -0.1) is 0 Å². The van der Waals surface area contributed by atoms with Gasteiger partial charge in [-0.25, -0.2) is 18.1 Å². The quantitative estimate of drug-likeness (QED) is 0.208. The number of aliphatic hydroxyl groups is 1. The third kappa shape index (κ3) is 5.05. The summed E-state index contributed by atoms with van der Waals surface area (Å²) in [4.78, 5) is 14.9. The molecule has 11 nitrogen and oxygen atoms in total. The number of aromatic hydroxyl groups is 2. The van der Waals surface area contributed by atoms with Crippen LogP contribution < -0.4 is 10.5 Å². The second-order valence-corrected chi connectivity index (χ2v) is 9.75. The molecule has 186 valence electrons. The van der Waals surface area contributed by atoms with Crippen LogP contribution in [0.3, 0.4) is 0 Å². The number of sulfonamides is 1. The average Bonchev–Trinajstić information content (AvgIpc) is 3.34. The maximum atomic E-state index is 13.0. The number of aryl methyl sites for hydroxylation is 1. The third-order valence-corrected chi connectivity index (χ3v) is 6.98. The van der Waals surface area contributed by atoms with E-state index in [-0.39, 0.29) is 29.5 Å². The van der Waals surface area contributed by atoms with E-state index in [1.165, 1.54) is 0 Å². The Morgan fingerprint density at radius 3 is 2.44 bits per heavy atom. The van der Waals surface area contributed by atoms with Crippen LogP contribution in [0.25, 0.3) is 22.5 Å². The Kier molecular flexibility index (Phi) is 6.75. The highest BCUT2D eigenvalue weighted by molar-refractivity contribution is 7.89. The Balaban J connectivity index is 1.69. The number of phenols is 2. The Morgan fingerprint density at radius 2 is 1.78 bits per heavy atom. The molecule has 0 saturated carbocycles. The maximum Gasteiger partial charge on any atom is 0.286 e. The molecule has 0 radical (unpaired) electrons. The fourth-order valence-corrected chi connectivity index (χ4v) is 4.74. The highest BCUT2D eigenvalue weighted by Crippen LogP contribution is 2.39. The van der Waals surface area contributed by atoms with Crippen LogP contribution in [0.1, 0.15) is 27.8 Å². The highest BCUT2D eigenvalue weighted by atomic mass is 32.2. The summed E-state index contributed by atoms with van der Waals surface area (Å²) in [6, 6.07) is 15.6. The number of nitrogens with one attached hydrogen (secondary N) is 2. The topological polar surface area (TPSA) is 192 Å². The van der Waals surface area contributed by atoms with Crippen molar-refractivity contribution >= 4 is 15.9 Å². The zero-order chi connectivity index (χ0) is 26.0. The molecular formula is C24H23N5O6S. The first kappa shape index (κ1) is 24.9. The Labute approximate surface area is 206 Å². The monoisotopic (exact) mass is 509 g/mol. The van der Waals surface area contributed by atoms with Crippen molar-refractivity contribution in [2.24, 2.45) is 5.73 Å². The number of aromatic nitrogens is 3. The second-order valence-electron chi connectivity index (χ2n) is 8.02. The van der Waals surface area contributed by atoms with E-state index in [1.807, 2.05) is 0 Å². The van der Waals surface area contributed by atoms with E-state index in [2.05, 4.69) is 19.9 Å². The molecule has 4 rings (SSSR count). The fraction of sp³-hybridized carbons (Fsp3) is 0.125. The molecule has 1 aromatic heterocycles. The summed E-state index contributed by atoms with van der Waals surface area (Å²) in [7, 11) is -4.27. The van der Waals surface area contributed by atoms with Gasteiger partial charge in [0, 0.05) is 23.7 Å². The number of amides is 1. The van der Waals surface area contributed by atoms with Crippen LogP contribution in [0.15, 0.2) is 65.6 Å². The third-order valence-electron chi connectivity index (χ3n) is 5.52. The fourth-order valence-electron chi connectivity index (χ4n) is 3.60. The number of primary amides is 1. The second kappa shape index (κ2) is 9.77. The molecular weight excluding hydrogens is 486 g/mol. The van der Waals surface area contributed by atoms with E-state index in [1.54, 1.807) is 55.5 Å². The number of rotatable bonds is 8. The van der Waals surface area contributed by atoms with E-state index in [0.717, 1.165) is 12.1 Å². The first-order chi connectivity index (χ1) is 17.1. The molecule has 7 N–H and O–H groups in total. The van der Waals surface area contributed by atoms with Gasteiger partial charge in [0.25, 0.3) is 5.91 Å². The standard InChI is InChI=1S/C24H23N5O6S/c1-13-7-8-15(23-27-24(22(25)33)29-28-23)9-16(13)17-10-21(19(31)11-18(17)30)36(34,35)26-12-20(32)14-5-3-2-4-6-14/h2-11,20,26,30-32H,12H2,1H3,(H2,25,33)(H,27,28,29). The normalized spacial score (nSPS) is 12.4. The molecule has 1 unspecified atom stereocenters. The molecule has 1 heterocycles. The Bertz CT molecular complexity index is 1540. The molecule has 0 spiro atoms. The number of nitrogens with zero attached hydrogens (tertiary/aromatic N) is 2. The molecule has 4 aromatic rings. The van der Waals surface area contributed by atoms with E-state index in [0.29, 0.717) is 22.3 Å². The maximum absolute atomic E-state index is 13.0. The zero-order valence-electron chi connectivity index (χ0n) is 19.0. The molecule has 0 aliphatic rings. The number of carbonyl (C=O) groups is 1. The van der Waals surface area contributed by atoms with Gasteiger partial charge in [0.05, 0.1) is 6.10 Å². The number of hydrogen-bond donors (Lipinski definition) is 6. The first-order valence-electron chi connectivity index (χ1n) is 10.7. The average molecular weight is 510 g/mol. The predicted molar refractivity (Wildman–Crippen MR) is 130 cm³/mol. The number of benzene rings is 3. The molecule has 12 heteroatoms. The molecule has 0 aliphatic heterocycles. The summed E-state index contributed by atoms with van der Waals surface area (Å²) in [5.41, 5.74) is 7.45. The highest BCUT2D eigenvalue weighted by Gasteiger charge is 2.24. The number of phenolic OH excluding ortho intramolecular Hbond substituents is 2. The molecule has 36 heavy (non-hydrogen) atoms. The SMILES string of the molecule is Cc1ccc(-c2n[nH]c(C(N)=O)n2)cc1-c1cc(S(=O)(=O)NCC(O)c2ccccc2)c(O)cc1O. The summed E-state index contributed by atoms with van der Waals surface area (Å²) in [6.45, 7) is 1.42. The lowest BCUT2D eigenvalue weighted by molar-refractivity contribution is 0.0991. The van der Waals surface area contributed by atoms with Crippen LogP contribution in [0.4, 0.5) is 0 Å². The van der Waals surface area contributed by atoms with Gasteiger partial charge >= 0.3 is 0 Å². The van der Waals surface area contributed by atoms with E-state index in [4.69, 9.17) is 5.73 Å². The number of aliphatic hydroxyl groups excluding tert-OH is 1. The summed E-state index contributed by atoms with van der Waals surface area (Å²) in [5, 5.41) is 37.6. The summed E-state index contributed by atoms with van der Waals surface area (Å²) in [5.74, 6) is -1.75. The molecule has 1 atom stereocenters. The molecule has 0 aliphatic carbocycles. The van der Waals surface area contributed by atoms with Crippen molar-refractivity contribution in [3.8, 4) is 34.0 Å². The van der Waals surface area contributed by atoms with Crippen molar-refractivity contribution in [2.45, 2.75) is 17.9 Å². The van der Waals surface area contributed by atoms with Crippen LogP contribution in [-0.4, -0.2) is 51.4 Å². The van der Waals surface area contributed by atoms with E-state index in [9.17, 15) is 28.5 Å². The number of H-pyrrole nitrogens is 1. The van der Waals surface area contributed by atoms with Crippen LogP contribution in [0.5, 0.6) is 11.5 Å². The van der Waals surface area contributed by atoms with Crippen molar-refractivity contribution in [3.63, 3.8) is 0 Å². The zero-order valence-corrected chi connectivity index (χ0v) is 19.8. The largest absolute Gasteiger partial charge is 0.507 e. The van der Waals surface area contributed by atoms with Gasteiger partial charge in [-0.3, -0.25) is 9.89 Å². The van der Waals surface area contributed by atoms with E-state index < -0.39 is 32.7 Å². The van der Waals surface area contributed by atoms with Gasteiger partial charge in [0.2, 0.25) is 15.8 Å². The summed E-state index contributed by atoms with van der Waals surface area (Å²) >= 11 is 0. The number of nitrogens with two attached hydrogens (primary N) is 1. The van der Waals surface area contributed by atoms with Crippen molar-refractivity contribution < 1.29 is 28.5 Å². The van der Waals surface area contributed by atoms with Crippen molar-refractivity contribution in [3.05, 3.63) is 77.6 Å². The minimum Gasteiger partial charge on any atom is -0.507 e. The van der Waals surface area contributed by atoms with Crippen molar-refractivity contribution in [1.29, 1.82) is 0 Å². The van der Waals surface area contributed by atoms with Gasteiger partial charge in [-0.05, 0) is 35.7 Å². The van der Waals surface area contributed by atoms with Crippen molar-refractivity contribution in [1.82, 2.24) is 19.9 Å². The lowest BCUT2D eigenvalue weighted by Gasteiger charge is -2.16. The lowest BCUT2D eigenvalue weighted by Crippen LogP contribution is -2.28. The van der Waals surface area contributed by atoms with Crippen molar-refractivity contribution in [2.75, 3.05) is 6.54 Å². The number of aromatic amines is 1. The van der Waals surface area contributed by atoms with E-state index >= 15 is 0 Å². The van der Waals surface area contributed by atoms with Gasteiger partial charge in [0.15, 0.2) is 5.82 Å².